The second-order valence-corrected chi connectivity index (χ2v) is 8.56. The number of fused-ring (bicyclic) bond motifs is 1. The lowest BCUT2D eigenvalue weighted by atomic mass is 9.97. The summed E-state index contributed by atoms with van der Waals surface area (Å²) in [5, 5.41) is 12.5. The molecule has 2 aromatic rings. The number of aryl methyl sites for hydroxylation is 1. The summed E-state index contributed by atoms with van der Waals surface area (Å²) >= 11 is 3.02. The molecule has 5 nitrogen and oxygen atoms in total. The van der Waals surface area contributed by atoms with Crippen molar-refractivity contribution in [2.75, 3.05) is 16.0 Å². The van der Waals surface area contributed by atoms with Crippen molar-refractivity contribution in [3.05, 3.63) is 29.8 Å². The summed E-state index contributed by atoms with van der Waals surface area (Å²) in [5.74, 6) is 0.544. The highest BCUT2D eigenvalue weighted by Crippen LogP contribution is 2.33. The fraction of sp³-hybridized carbons (Fsp3) is 0.471. The summed E-state index contributed by atoms with van der Waals surface area (Å²) in [6.07, 6.45) is 4.49. The predicted octanol–water partition coefficient (Wildman–Crippen LogP) is 3.57. The molecule has 1 aromatic carbocycles. The molecule has 1 atom stereocenters. The van der Waals surface area contributed by atoms with Gasteiger partial charge in [0, 0.05) is 17.8 Å². The standard InChI is InChI=1S/C17H20N4OS2/c1-11-6-7-12-4-2-3-5-14(12)21(11)15(22)10-23-17-20-19-16(24-17)18-13-8-9-13/h2-5,11,13H,6-10H2,1H3,(H,18,19). The van der Waals surface area contributed by atoms with Gasteiger partial charge in [0.2, 0.25) is 11.0 Å². The molecule has 1 N–H and O–H groups in total. The summed E-state index contributed by atoms with van der Waals surface area (Å²) in [6.45, 7) is 2.13. The molecule has 1 aliphatic carbocycles. The van der Waals surface area contributed by atoms with Gasteiger partial charge in [0.25, 0.3) is 0 Å². The van der Waals surface area contributed by atoms with E-state index >= 15 is 0 Å². The summed E-state index contributed by atoms with van der Waals surface area (Å²) in [4.78, 5) is 14.7. The fourth-order valence-electron chi connectivity index (χ4n) is 2.99. The first-order chi connectivity index (χ1) is 11.7. The molecule has 1 aromatic heterocycles. The lowest BCUT2D eigenvalue weighted by Gasteiger charge is -2.35. The monoisotopic (exact) mass is 360 g/mol. The van der Waals surface area contributed by atoms with Crippen LogP contribution in [-0.4, -0.2) is 33.9 Å². The quantitative estimate of drug-likeness (QED) is 0.826. The van der Waals surface area contributed by atoms with Crippen LogP contribution in [0.4, 0.5) is 10.8 Å². The van der Waals surface area contributed by atoms with Gasteiger partial charge in [-0.05, 0) is 44.2 Å². The molecule has 1 saturated carbocycles. The van der Waals surface area contributed by atoms with Gasteiger partial charge in [-0.25, -0.2) is 0 Å². The van der Waals surface area contributed by atoms with Gasteiger partial charge in [-0.1, -0.05) is 41.3 Å². The number of carbonyl (C=O) groups excluding carboxylic acids is 1. The molecule has 2 heterocycles. The molecule has 0 saturated heterocycles. The predicted molar refractivity (Wildman–Crippen MR) is 99.0 cm³/mol. The lowest BCUT2D eigenvalue weighted by molar-refractivity contribution is -0.116. The highest BCUT2D eigenvalue weighted by Gasteiger charge is 2.28. The Hall–Kier alpha value is -1.60. The summed E-state index contributed by atoms with van der Waals surface area (Å²) in [7, 11) is 0. The molecule has 1 amide bonds. The van der Waals surface area contributed by atoms with E-state index in [1.54, 1.807) is 0 Å². The average Bonchev–Trinajstić information content (AvgIpc) is 3.29. The average molecular weight is 361 g/mol. The van der Waals surface area contributed by atoms with Gasteiger partial charge in [0.15, 0.2) is 4.34 Å². The van der Waals surface area contributed by atoms with Crippen LogP contribution in [0.3, 0.4) is 0 Å². The van der Waals surface area contributed by atoms with Crippen LogP contribution in [0.15, 0.2) is 28.6 Å². The number of anilines is 2. The van der Waals surface area contributed by atoms with Crippen molar-refractivity contribution >= 4 is 39.8 Å². The van der Waals surface area contributed by atoms with E-state index in [0.29, 0.717) is 11.8 Å². The number of amides is 1. The molecular formula is C17H20N4OS2. The van der Waals surface area contributed by atoms with Crippen LogP contribution in [-0.2, 0) is 11.2 Å². The van der Waals surface area contributed by atoms with Gasteiger partial charge < -0.3 is 10.2 Å². The largest absolute Gasteiger partial charge is 0.357 e. The molecule has 2 aliphatic rings. The van der Waals surface area contributed by atoms with Crippen molar-refractivity contribution in [1.29, 1.82) is 0 Å². The Labute approximate surface area is 149 Å². The Morgan fingerprint density at radius 3 is 3.00 bits per heavy atom. The molecular weight excluding hydrogens is 340 g/mol. The number of benzene rings is 1. The number of para-hydroxylation sites is 1. The molecule has 24 heavy (non-hydrogen) atoms. The SMILES string of the molecule is CC1CCc2ccccc2N1C(=O)CSc1nnc(NC2CC2)s1. The molecule has 1 fully saturated rings. The number of nitrogens with one attached hydrogen (secondary N) is 1. The molecule has 0 spiro atoms. The van der Waals surface area contributed by atoms with Crippen molar-refractivity contribution in [2.24, 2.45) is 0 Å². The van der Waals surface area contributed by atoms with Crippen molar-refractivity contribution < 1.29 is 4.79 Å². The van der Waals surface area contributed by atoms with Crippen molar-refractivity contribution in [2.45, 2.75) is 49.0 Å². The number of hydrogen-bond donors (Lipinski definition) is 1. The van der Waals surface area contributed by atoms with Crippen LogP contribution in [0.2, 0.25) is 0 Å². The number of aromatic nitrogens is 2. The first kappa shape index (κ1) is 15.9. The number of carbonyl (C=O) groups is 1. The highest BCUT2D eigenvalue weighted by atomic mass is 32.2. The zero-order chi connectivity index (χ0) is 16.5. The topological polar surface area (TPSA) is 58.1 Å². The molecule has 0 bridgehead atoms. The van der Waals surface area contributed by atoms with E-state index in [-0.39, 0.29) is 11.9 Å². The Morgan fingerprint density at radius 2 is 2.17 bits per heavy atom. The van der Waals surface area contributed by atoms with Gasteiger partial charge in [-0.2, -0.15) is 0 Å². The van der Waals surface area contributed by atoms with Gasteiger partial charge >= 0.3 is 0 Å². The van der Waals surface area contributed by atoms with Gasteiger partial charge in [-0.3, -0.25) is 4.79 Å². The minimum atomic E-state index is 0.145. The van der Waals surface area contributed by atoms with Crippen LogP contribution in [0.25, 0.3) is 0 Å². The molecule has 7 heteroatoms. The smallest absolute Gasteiger partial charge is 0.237 e. The zero-order valence-corrected chi connectivity index (χ0v) is 15.2. The van der Waals surface area contributed by atoms with Crippen LogP contribution < -0.4 is 10.2 Å². The summed E-state index contributed by atoms with van der Waals surface area (Å²) in [5.41, 5.74) is 2.33. The van der Waals surface area contributed by atoms with E-state index in [4.69, 9.17) is 0 Å². The first-order valence-corrected chi connectivity index (χ1v) is 10.1. The van der Waals surface area contributed by atoms with Gasteiger partial charge in [0.1, 0.15) is 0 Å². The minimum Gasteiger partial charge on any atom is -0.357 e. The van der Waals surface area contributed by atoms with Crippen molar-refractivity contribution in [1.82, 2.24) is 10.2 Å². The molecule has 126 valence electrons. The molecule has 0 radical (unpaired) electrons. The van der Waals surface area contributed by atoms with E-state index in [0.717, 1.165) is 28.0 Å². The summed E-state index contributed by atoms with van der Waals surface area (Å²) in [6, 6.07) is 9.04. The summed E-state index contributed by atoms with van der Waals surface area (Å²) < 4.78 is 0.851. The fourth-order valence-corrected chi connectivity index (χ4v) is 4.68. The van der Waals surface area contributed by atoms with Crippen LogP contribution in [0.1, 0.15) is 31.7 Å². The number of thioether (sulfide) groups is 1. The number of rotatable bonds is 5. The Morgan fingerprint density at radius 1 is 1.33 bits per heavy atom. The Kier molecular flexibility index (Phi) is 4.45. The van der Waals surface area contributed by atoms with Crippen LogP contribution >= 0.6 is 23.1 Å². The second-order valence-electron chi connectivity index (χ2n) is 6.36. The third-order valence-electron chi connectivity index (χ3n) is 4.42. The Bertz CT molecular complexity index is 744. The van der Waals surface area contributed by atoms with Crippen molar-refractivity contribution in [3.8, 4) is 0 Å². The van der Waals surface area contributed by atoms with E-state index < -0.39 is 0 Å². The van der Waals surface area contributed by atoms with Crippen LogP contribution in [0.5, 0.6) is 0 Å². The zero-order valence-electron chi connectivity index (χ0n) is 13.6. The van der Waals surface area contributed by atoms with E-state index in [1.165, 1.54) is 41.5 Å². The molecule has 4 rings (SSSR count). The van der Waals surface area contributed by atoms with Gasteiger partial charge in [0.05, 0.1) is 5.75 Å². The van der Waals surface area contributed by atoms with E-state index in [9.17, 15) is 4.79 Å². The number of hydrogen-bond acceptors (Lipinski definition) is 6. The second kappa shape index (κ2) is 6.72. The third-order valence-corrected chi connectivity index (χ3v) is 6.40. The maximum Gasteiger partial charge on any atom is 0.237 e. The first-order valence-electron chi connectivity index (χ1n) is 8.33. The molecule has 1 aliphatic heterocycles. The maximum absolute atomic E-state index is 12.8. The molecule has 1 unspecified atom stereocenters. The normalized spacial score (nSPS) is 19.9. The lowest BCUT2D eigenvalue weighted by Crippen LogP contribution is -2.43. The number of nitrogens with zero attached hydrogens (tertiary/aromatic N) is 3. The Balaban J connectivity index is 1.41. The highest BCUT2D eigenvalue weighted by molar-refractivity contribution is 8.01. The van der Waals surface area contributed by atoms with Crippen LogP contribution in [0, 0.1) is 0 Å². The van der Waals surface area contributed by atoms with E-state index in [1.807, 2.05) is 17.0 Å². The third kappa shape index (κ3) is 3.42. The van der Waals surface area contributed by atoms with Crippen molar-refractivity contribution in [3.63, 3.8) is 0 Å². The van der Waals surface area contributed by atoms with Gasteiger partial charge in [-0.15, -0.1) is 10.2 Å². The van der Waals surface area contributed by atoms with E-state index in [2.05, 4.69) is 34.6 Å². The minimum absolute atomic E-state index is 0.145. The maximum atomic E-state index is 12.8.